The highest BCUT2D eigenvalue weighted by molar-refractivity contribution is 5.04. The van der Waals surface area contributed by atoms with E-state index < -0.39 is 23.5 Å². The minimum atomic E-state index is -1.000. The Kier molecular flexibility index (Phi) is 9.92. The maximum absolute atomic E-state index is 11.5. The molecular weight excluding hydrogens is 362 g/mol. The van der Waals surface area contributed by atoms with Crippen molar-refractivity contribution in [3.63, 3.8) is 0 Å². The van der Waals surface area contributed by atoms with E-state index in [0.29, 0.717) is 12.8 Å². The van der Waals surface area contributed by atoms with Gasteiger partial charge in [-0.25, -0.2) is 0 Å². The zero-order valence-electron chi connectivity index (χ0n) is 19.7. The third-order valence-corrected chi connectivity index (χ3v) is 8.40. The summed E-state index contributed by atoms with van der Waals surface area (Å²) in [6.45, 7) is 6.07. The van der Waals surface area contributed by atoms with Gasteiger partial charge in [0.25, 0.3) is 0 Å². The predicted octanol–water partition coefficient (Wildman–Crippen LogP) is 5.24. The van der Waals surface area contributed by atoms with Gasteiger partial charge in [0.2, 0.25) is 0 Å². The molecule has 1 saturated carbocycles. The van der Waals surface area contributed by atoms with Crippen molar-refractivity contribution in [1.82, 2.24) is 4.90 Å². The van der Waals surface area contributed by atoms with E-state index in [0.717, 1.165) is 25.7 Å². The monoisotopic (exact) mass is 411 g/mol. The Balaban J connectivity index is 2.13. The minimum Gasteiger partial charge on any atom is -0.393 e. The van der Waals surface area contributed by atoms with Crippen molar-refractivity contribution < 1.29 is 15.3 Å². The van der Waals surface area contributed by atoms with Crippen LogP contribution in [0, 0.1) is 11.8 Å². The first kappa shape index (κ1) is 25.1. The number of rotatable bonds is 0. The summed E-state index contributed by atoms with van der Waals surface area (Å²) in [6, 6.07) is 0. The van der Waals surface area contributed by atoms with Gasteiger partial charge >= 0.3 is 0 Å². The van der Waals surface area contributed by atoms with E-state index in [9.17, 15) is 15.3 Å². The maximum atomic E-state index is 11.5. The zero-order chi connectivity index (χ0) is 21.5. The summed E-state index contributed by atoms with van der Waals surface area (Å²) in [7, 11) is 1.94. The van der Waals surface area contributed by atoms with Gasteiger partial charge in [0, 0.05) is 5.54 Å². The third-order valence-electron chi connectivity index (χ3n) is 8.40. The second-order valence-electron chi connectivity index (χ2n) is 10.7. The molecule has 1 heterocycles. The highest BCUT2D eigenvalue weighted by Gasteiger charge is 2.52. The van der Waals surface area contributed by atoms with Crippen LogP contribution >= 0.6 is 0 Å². The molecule has 29 heavy (non-hydrogen) atoms. The summed E-state index contributed by atoms with van der Waals surface area (Å²) in [6.07, 6.45) is 16.3. The average Bonchev–Trinajstić information content (AvgIpc) is 2.67. The summed E-state index contributed by atoms with van der Waals surface area (Å²) < 4.78 is 0. The molecule has 1 saturated heterocycles. The first-order valence-corrected chi connectivity index (χ1v) is 12.5. The van der Waals surface area contributed by atoms with Crippen LogP contribution in [0.1, 0.15) is 117 Å². The molecule has 172 valence electrons. The molecule has 0 aromatic heterocycles. The molecule has 0 spiro atoms. The fourth-order valence-corrected chi connectivity index (χ4v) is 5.85. The van der Waals surface area contributed by atoms with E-state index >= 15 is 0 Å². The summed E-state index contributed by atoms with van der Waals surface area (Å²) in [5.74, 6) is 0.232. The Morgan fingerprint density at radius 1 is 0.759 bits per heavy atom. The number of fused-ring (bicyclic) bond motifs is 2. The second-order valence-corrected chi connectivity index (χ2v) is 10.7. The van der Waals surface area contributed by atoms with Crippen molar-refractivity contribution in [3.05, 3.63) is 0 Å². The van der Waals surface area contributed by atoms with Crippen LogP contribution in [0.15, 0.2) is 0 Å². The molecule has 2 aliphatic rings. The van der Waals surface area contributed by atoms with Gasteiger partial charge in [0.1, 0.15) is 5.72 Å². The molecule has 1 aliphatic heterocycles. The van der Waals surface area contributed by atoms with Crippen LogP contribution in [0.25, 0.3) is 0 Å². The lowest BCUT2D eigenvalue weighted by Crippen LogP contribution is -2.67. The molecule has 2 rings (SSSR count). The predicted molar refractivity (Wildman–Crippen MR) is 121 cm³/mol. The molecule has 3 N–H and O–H groups in total. The van der Waals surface area contributed by atoms with E-state index in [1.807, 2.05) is 25.8 Å². The molecule has 0 radical (unpaired) electrons. The Labute approximate surface area is 180 Å². The van der Waals surface area contributed by atoms with Gasteiger partial charge in [-0.1, -0.05) is 77.6 Å². The smallest absolute Gasteiger partial charge is 0.118 e. The molecule has 4 nitrogen and oxygen atoms in total. The molecule has 2 bridgehead atoms. The van der Waals surface area contributed by atoms with Gasteiger partial charge in [-0.05, 0) is 58.4 Å². The molecule has 0 aromatic rings. The standard InChI is InChI=1S/C25H49NO3/c1-20-16-14-12-10-8-6-5-7-9-11-13-15-17-21-18-22(27)19-24(2,23(21)28)26(4)25(20,3)29/h20-23,27-29H,5-19H2,1-4H3. The summed E-state index contributed by atoms with van der Waals surface area (Å²) in [5, 5.41) is 33.4. The second kappa shape index (κ2) is 11.5. The van der Waals surface area contributed by atoms with Crippen LogP contribution in [0.4, 0.5) is 0 Å². The van der Waals surface area contributed by atoms with Crippen molar-refractivity contribution in [2.75, 3.05) is 7.05 Å². The minimum absolute atomic E-state index is 0.111. The fourth-order valence-electron chi connectivity index (χ4n) is 5.85. The molecule has 2 fully saturated rings. The SMILES string of the molecule is CC1CCCCCCCCCCCCCC2CC(O)CC(C)(C2O)N(C)C1(C)O. The Morgan fingerprint density at radius 2 is 1.21 bits per heavy atom. The first-order valence-electron chi connectivity index (χ1n) is 12.5. The largest absolute Gasteiger partial charge is 0.393 e. The van der Waals surface area contributed by atoms with E-state index in [4.69, 9.17) is 0 Å². The van der Waals surface area contributed by atoms with Gasteiger partial charge in [-0.2, -0.15) is 0 Å². The van der Waals surface area contributed by atoms with Crippen LogP contribution in [0.3, 0.4) is 0 Å². The van der Waals surface area contributed by atoms with Crippen molar-refractivity contribution in [3.8, 4) is 0 Å². The van der Waals surface area contributed by atoms with E-state index in [2.05, 4.69) is 6.92 Å². The molecule has 0 aromatic carbocycles. The maximum Gasteiger partial charge on any atom is 0.118 e. The summed E-state index contributed by atoms with van der Waals surface area (Å²) in [5.41, 5.74) is -1.61. The summed E-state index contributed by atoms with van der Waals surface area (Å²) in [4.78, 5) is 1.98. The van der Waals surface area contributed by atoms with E-state index in [1.165, 1.54) is 57.8 Å². The molecule has 6 atom stereocenters. The number of likely N-dealkylation sites (N-methyl/N-ethyl adjacent to an activating group) is 1. The van der Waals surface area contributed by atoms with E-state index in [-0.39, 0.29) is 11.8 Å². The van der Waals surface area contributed by atoms with E-state index in [1.54, 1.807) is 0 Å². The van der Waals surface area contributed by atoms with Crippen molar-refractivity contribution in [2.24, 2.45) is 11.8 Å². The number of hydrogen-bond donors (Lipinski definition) is 3. The lowest BCUT2D eigenvalue weighted by molar-refractivity contribution is -0.212. The van der Waals surface area contributed by atoms with Gasteiger partial charge in [0.05, 0.1) is 12.2 Å². The number of nitrogens with zero attached hydrogens (tertiary/aromatic N) is 1. The van der Waals surface area contributed by atoms with Gasteiger partial charge in [-0.15, -0.1) is 0 Å². The highest BCUT2D eigenvalue weighted by atomic mass is 16.3. The average molecular weight is 412 g/mol. The quantitative estimate of drug-likeness (QED) is 0.510. The van der Waals surface area contributed by atoms with Gasteiger partial charge in [-0.3, -0.25) is 4.90 Å². The highest BCUT2D eigenvalue weighted by Crippen LogP contribution is 2.43. The summed E-state index contributed by atoms with van der Waals surface area (Å²) >= 11 is 0. The van der Waals surface area contributed by atoms with Crippen LogP contribution < -0.4 is 0 Å². The molecule has 6 unspecified atom stereocenters. The lowest BCUT2D eigenvalue weighted by Gasteiger charge is -2.55. The van der Waals surface area contributed by atoms with Crippen LogP contribution in [0.2, 0.25) is 0 Å². The van der Waals surface area contributed by atoms with Crippen LogP contribution in [-0.2, 0) is 0 Å². The third kappa shape index (κ3) is 6.66. The Hall–Kier alpha value is -0.160. The lowest BCUT2D eigenvalue weighted by atomic mass is 9.69. The molecule has 1 aliphatic carbocycles. The van der Waals surface area contributed by atoms with Crippen LogP contribution in [-0.4, -0.2) is 50.7 Å². The van der Waals surface area contributed by atoms with Crippen molar-refractivity contribution in [2.45, 2.75) is 141 Å². The van der Waals surface area contributed by atoms with Crippen LogP contribution in [0.5, 0.6) is 0 Å². The number of aliphatic hydroxyl groups is 3. The Bertz CT molecular complexity index is 469. The molecular formula is C25H49NO3. The van der Waals surface area contributed by atoms with Crippen molar-refractivity contribution in [1.29, 1.82) is 0 Å². The number of aliphatic hydroxyl groups excluding tert-OH is 2. The topological polar surface area (TPSA) is 63.9 Å². The Morgan fingerprint density at radius 3 is 1.72 bits per heavy atom. The number of hydrogen-bond acceptors (Lipinski definition) is 4. The molecule has 0 amide bonds. The molecule has 4 heteroatoms. The zero-order valence-corrected chi connectivity index (χ0v) is 19.7. The van der Waals surface area contributed by atoms with Gasteiger partial charge < -0.3 is 15.3 Å². The normalized spacial score (nSPS) is 43.1. The van der Waals surface area contributed by atoms with Gasteiger partial charge in [0.15, 0.2) is 0 Å². The first-order chi connectivity index (χ1) is 13.7. The fraction of sp³-hybridized carbons (Fsp3) is 1.00. The van der Waals surface area contributed by atoms with Crippen molar-refractivity contribution >= 4 is 0 Å².